The zero-order valence-corrected chi connectivity index (χ0v) is 16.8. The normalized spacial score (nSPS) is 21.4. The zero-order valence-electron chi connectivity index (χ0n) is 15.1. The van der Waals surface area contributed by atoms with Crippen molar-refractivity contribution in [1.29, 1.82) is 0 Å². The van der Waals surface area contributed by atoms with Crippen molar-refractivity contribution in [2.75, 3.05) is 53.0 Å². The lowest BCUT2D eigenvalue weighted by molar-refractivity contribution is -0.136. The average molecular weight is 384 g/mol. The van der Waals surface area contributed by atoms with E-state index in [2.05, 4.69) is 22.5 Å². The predicted molar refractivity (Wildman–Crippen MR) is 103 cm³/mol. The second-order valence-electron chi connectivity index (χ2n) is 6.89. The minimum atomic E-state index is -0.314. The SMILES string of the molecule is CCN1CCC(CCNC(=O)C2(COC)CCNCC2)CC1.Cl.Cl. The highest BCUT2D eigenvalue weighted by atomic mass is 35.5. The number of piperidine rings is 2. The Balaban J connectivity index is 0.00000264. The van der Waals surface area contributed by atoms with Crippen molar-refractivity contribution >= 4 is 30.7 Å². The highest BCUT2D eigenvalue weighted by Crippen LogP contribution is 2.29. The van der Waals surface area contributed by atoms with Crippen LogP contribution in [-0.4, -0.2) is 63.8 Å². The Morgan fingerprint density at radius 2 is 1.88 bits per heavy atom. The van der Waals surface area contributed by atoms with E-state index in [0.29, 0.717) is 6.61 Å². The van der Waals surface area contributed by atoms with Crippen LogP contribution in [0.5, 0.6) is 0 Å². The molecule has 0 unspecified atom stereocenters. The number of methoxy groups -OCH3 is 1. The van der Waals surface area contributed by atoms with Crippen molar-refractivity contribution in [3.8, 4) is 0 Å². The Morgan fingerprint density at radius 3 is 2.42 bits per heavy atom. The van der Waals surface area contributed by atoms with E-state index >= 15 is 0 Å². The Labute approximate surface area is 159 Å². The molecule has 0 saturated carbocycles. The first kappa shape index (κ1) is 23.9. The monoisotopic (exact) mass is 383 g/mol. The number of hydrogen-bond donors (Lipinski definition) is 2. The van der Waals surface area contributed by atoms with Crippen LogP contribution in [0.2, 0.25) is 0 Å². The second kappa shape index (κ2) is 12.3. The molecule has 1 amide bonds. The fraction of sp³-hybridized carbons (Fsp3) is 0.941. The summed E-state index contributed by atoms with van der Waals surface area (Å²) in [5.74, 6) is 0.969. The standard InChI is InChI=1S/C17H33N3O2.2ClH/c1-3-20-12-5-15(6-13-20)4-9-19-16(21)17(14-22-2)7-10-18-11-8-17;;/h15,18H,3-14H2,1-2H3,(H,19,21);2*1H. The minimum Gasteiger partial charge on any atom is -0.384 e. The van der Waals surface area contributed by atoms with Gasteiger partial charge < -0.3 is 20.3 Å². The van der Waals surface area contributed by atoms with Crippen molar-refractivity contribution in [1.82, 2.24) is 15.5 Å². The lowest BCUT2D eigenvalue weighted by Crippen LogP contribution is -2.50. The van der Waals surface area contributed by atoms with Crippen molar-refractivity contribution in [3.05, 3.63) is 0 Å². The molecule has 2 aliphatic heterocycles. The molecule has 2 N–H and O–H groups in total. The third kappa shape index (κ3) is 6.68. The number of likely N-dealkylation sites (tertiary alicyclic amines) is 1. The van der Waals surface area contributed by atoms with E-state index in [1.54, 1.807) is 7.11 Å². The van der Waals surface area contributed by atoms with Gasteiger partial charge in [-0.05, 0) is 70.7 Å². The van der Waals surface area contributed by atoms with Crippen LogP contribution < -0.4 is 10.6 Å². The van der Waals surface area contributed by atoms with Gasteiger partial charge in [0.15, 0.2) is 0 Å². The van der Waals surface area contributed by atoms with Crippen LogP contribution in [0.15, 0.2) is 0 Å². The van der Waals surface area contributed by atoms with Gasteiger partial charge in [-0.2, -0.15) is 0 Å². The molecule has 2 rings (SSSR count). The maximum Gasteiger partial charge on any atom is 0.228 e. The van der Waals surface area contributed by atoms with Crippen LogP contribution in [0, 0.1) is 11.3 Å². The summed E-state index contributed by atoms with van der Waals surface area (Å²) in [6, 6.07) is 0. The summed E-state index contributed by atoms with van der Waals surface area (Å²) in [4.78, 5) is 15.1. The first-order chi connectivity index (χ1) is 10.7. The smallest absolute Gasteiger partial charge is 0.228 e. The van der Waals surface area contributed by atoms with Crippen molar-refractivity contribution in [2.24, 2.45) is 11.3 Å². The maximum atomic E-state index is 12.6. The molecule has 0 aliphatic carbocycles. The van der Waals surface area contributed by atoms with Gasteiger partial charge >= 0.3 is 0 Å². The Bertz CT molecular complexity index is 339. The fourth-order valence-corrected chi connectivity index (χ4v) is 3.79. The number of amides is 1. The Kier molecular flexibility index (Phi) is 12.3. The fourth-order valence-electron chi connectivity index (χ4n) is 3.79. The topological polar surface area (TPSA) is 53.6 Å². The highest BCUT2D eigenvalue weighted by Gasteiger charge is 2.39. The van der Waals surface area contributed by atoms with E-state index < -0.39 is 0 Å². The largest absolute Gasteiger partial charge is 0.384 e. The lowest BCUT2D eigenvalue weighted by Gasteiger charge is -2.36. The molecular weight excluding hydrogens is 349 g/mol. The number of hydrogen-bond acceptors (Lipinski definition) is 4. The van der Waals surface area contributed by atoms with Gasteiger partial charge in [0.2, 0.25) is 5.91 Å². The summed E-state index contributed by atoms with van der Waals surface area (Å²) in [6.07, 6.45) is 5.42. The van der Waals surface area contributed by atoms with E-state index in [1.807, 2.05) is 0 Å². The molecule has 0 spiro atoms. The Morgan fingerprint density at radius 1 is 1.25 bits per heavy atom. The molecule has 0 atom stereocenters. The number of rotatable bonds is 7. The van der Waals surface area contributed by atoms with E-state index in [0.717, 1.165) is 51.4 Å². The molecule has 2 aliphatic rings. The Hall–Kier alpha value is -0.0700. The van der Waals surface area contributed by atoms with Crippen LogP contribution in [0.4, 0.5) is 0 Å². The maximum absolute atomic E-state index is 12.6. The highest BCUT2D eigenvalue weighted by molar-refractivity contribution is 5.85. The molecular formula is C17H35Cl2N3O2. The summed E-state index contributed by atoms with van der Waals surface area (Å²) in [5, 5.41) is 6.52. The summed E-state index contributed by atoms with van der Waals surface area (Å²) in [7, 11) is 1.69. The van der Waals surface area contributed by atoms with Gasteiger partial charge in [-0.15, -0.1) is 24.8 Å². The molecule has 24 heavy (non-hydrogen) atoms. The van der Waals surface area contributed by atoms with Gasteiger partial charge in [-0.1, -0.05) is 6.92 Å². The molecule has 0 bridgehead atoms. The van der Waals surface area contributed by atoms with Gasteiger partial charge in [0.1, 0.15) is 0 Å². The summed E-state index contributed by atoms with van der Waals surface area (Å²) < 4.78 is 5.33. The van der Waals surface area contributed by atoms with Gasteiger partial charge in [-0.25, -0.2) is 0 Å². The number of ether oxygens (including phenoxy) is 1. The van der Waals surface area contributed by atoms with Crippen LogP contribution in [0.25, 0.3) is 0 Å². The van der Waals surface area contributed by atoms with E-state index in [9.17, 15) is 4.79 Å². The number of halogens is 2. The first-order valence-electron chi connectivity index (χ1n) is 8.90. The van der Waals surface area contributed by atoms with Crippen molar-refractivity contribution < 1.29 is 9.53 Å². The van der Waals surface area contributed by atoms with Crippen LogP contribution in [0.3, 0.4) is 0 Å². The number of carbonyl (C=O) groups excluding carboxylic acids is 1. The predicted octanol–water partition coefficient (Wildman–Crippen LogP) is 2.08. The van der Waals surface area contributed by atoms with Crippen molar-refractivity contribution in [3.63, 3.8) is 0 Å². The van der Waals surface area contributed by atoms with Gasteiger partial charge in [0, 0.05) is 13.7 Å². The molecule has 144 valence electrons. The zero-order chi connectivity index (χ0) is 15.8. The molecule has 2 fully saturated rings. The van der Waals surface area contributed by atoms with Crippen LogP contribution in [0.1, 0.15) is 39.0 Å². The summed E-state index contributed by atoms with van der Waals surface area (Å²) in [5.41, 5.74) is -0.314. The first-order valence-corrected chi connectivity index (χ1v) is 8.90. The van der Waals surface area contributed by atoms with Crippen LogP contribution >= 0.6 is 24.8 Å². The molecule has 2 saturated heterocycles. The average Bonchev–Trinajstić information content (AvgIpc) is 2.56. The number of carbonyl (C=O) groups is 1. The molecule has 7 heteroatoms. The summed E-state index contributed by atoms with van der Waals surface area (Å²) >= 11 is 0. The minimum absolute atomic E-state index is 0. The molecule has 5 nitrogen and oxygen atoms in total. The lowest BCUT2D eigenvalue weighted by atomic mass is 9.78. The van der Waals surface area contributed by atoms with Gasteiger partial charge in [0.05, 0.1) is 12.0 Å². The van der Waals surface area contributed by atoms with E-state index in [-0.39, 0.29) is 36.1 Å². The van der Waals surface area contributed by atoms with Gasteiger partial charge in [0.25, 0.3) is 0 Å². The molecule has 2 heterocycles. The van der Waals surface area contributed by atoms with E-state index in [4.69, 9.17) is 4.74 Å². The second-order valence-corrected chi connectivity index (χ2v) is 6.89. The van der Waals surface area contributed by atoms with E-state index in [1.165, 1.54) is 25.9 Å². The number of nitrogens with one attached hydrogen (secondary N) is 2. The number of nitrogens with zero attached hydrogens (tertiary/aromatic N) is 1. The third-order valence-electron chi connectivity index (χ3n) is 5.46. The third-order valence-corrected chi connectivity index (χ3v) is 5.46. The quantitative estimate of drug-likeness (QED) is 0.706. The molecule has 0 aromatic carbocycles. The molecule has 0 radical (unpaired) electrons. The molecule has 0 aromatic rings. The molecule has 0 aromatic heterocycles. The van der Waals surface area contributed by atoms with Crippen molar-refractivity contribution in [2.45, 2.75) is 39.0 Å². The van der Waals surface area contributed by atoms with Gasteiger partial charge in [-0.3, -0.25) is 4.79 Å². The summed E-state index contributed by atoms with van der Waals surface area (Å²) in [6.45, 7) is 9.00. The van der Waals surface area contributed by atoms with Crippen LogP contribution in [-0.2, 0) is 9.53 Å².